The minimum atomic E-state index is -0.895. The van der Waals surface area contributed by atoms with Gasteiger partial charge in [0.15, 0.2) is 6.61 Å². The molecular formula is C23H22BrN5O4. The number of aromatic nitrogens is 1. The van der Waals surface area contributed by atoms with Crippen LogP contribution < -0.4 is 15.5 Å². The van der Waals surface area contributed by atoms with E-state index in [1.165, 1.54) is 6.21 Å². The molecule has 1 atom stereocenters. The minimum absolute atomic E-state index is 0.0621. The van der Waals surface area contributed by atoms with Crippen molar-refractivity contribution in [1.29, 1.82) is 5.26 Å². The number of rotatable bonds is 9. The van der Waals surface area contributed by atoms with Crippen molar-refractivity contribution in [3.05, 3.63) is 64.3 Å². The van der Waals surface area contributed by atoms with E-state index in [0.717, 1.165) is 16.5 Å². The van der Waals surface area contributed by atoms with Gasteiger partial charge in [-0.3, -0.25) is 4.79 Å². The van der Waals surface area contributed by atoms with E-state index in [9.17, 15) is 9.59 Å². The molecule has 1 aromatic heterocycles. The molecule has 0 saturated carbocycles. The van der Waals surface area contributed by atoms with Crippen LogP contribution in [0.4, 0.5) is 4.79 Å². The summed E-state index contributed by atoms with van der Waals surface area (Å²) in [6.07, 6.45) is 2.84. The second kappa shape index (κ2) is 11.7. The average Bonchev–Trinajstić information content (AvgIpc) is 3.21. The number of amides is 2. The topological polar surface area (TPSA) is 129 Å². The summed E-state index contributed by atoms with van der Waals surface area (Å²) in [5.74, 6) is 0.0350. The molecule has 33 heavy (non-hydrogen) atoms. The van der Waals surface area contributed by atoms with Crippen molar-refractivity contribution in [2.45, 2.75) is 19.4 Å². The summed E-state index contributed by atoms with van der Waals surface area (Å²) in [5, 5.41) is 16.2. The molecule has 3 aromatic rings. The van der Waals surface area contributed by atoms with Gasteiger partial charge in [0.2, 0.25) is 0 Å². The largest absolute Gasteiger partial charge is 0.478 e. The first-order valence-electron chi connectivity index (χ1n) is 10.1. The third-order valence-corrected chi connectivity index (χ3v) is 5.24. The van der Waals surface area contributed by atoms with Gasteiger partial charge in [0.05, 0.1) is 17.3 Å². The number of carbonyl (C=O) groups excluding carboxylic acids is 2. The fourth-order valence-corrected chi connectivity index (χ4v) is 3.63. The summed E-state index contributed by atoms with van der Waals surface area (Å²) in [7, 11) is 0. The second-order valence-corrected chi connectivity index (χ2v) is 7.71. The molecule has 0 aliphatic heterocycles. The Hall–Kier alpha value is -3.84. The summed E-state index contributed by atoms with van der Waals surface area (Å²) in [6, 6.07) is 13.9. The molecule has 0 bridgehead atoms. The van der Waals surface area contributed by atoms with Gasteiger partial charge in [-0.15, -0.1) is 0 Å². The third kappa shape index (κ3) is 6.57. The van der Waals surface area contributed by atoms with Crippen LogP contribution in [0, 0.1) is 11.3 Å². The second-order valence-electron chi connectivity index (χ2n) is 6.85. The lowest BCUT2D eigenvalue weighted by Gasteiger charge is -2.16. The van der Waals surface area contributed by atoms with E-state index in [0.29, 0.717) is 15.8 Å². The normalized spacial score (nSPS) is 11.7. The Balaban J connectivity index is 1.70. The van der Waals surface area contributed by atoms with Gasteiger partial charge in [0, 0.05) is 23.5 Å². The number of hydrogen-bond donors (Lipinski definition) is 3. The van der Waals surface area contributed by atoms with Gasteiger partial charge in [0.1, 0.15) is 17.9 Å². The van der Waals surface area contributed by atoms with E-state index in [-0.39, 0.29) is 19.6 Å². The van der Waals surface area contributed by atoms with Crippen molar-refractivity contribution >= 4 is 45.0 Å². The van der Waals surface area contributed by atoms with Gasteiger partial charge in [0.25, 0.3) is 5.91 Å². The van der Waals surface area contributed by atoms with E-state index < -0.39 is 18.0 Å². The molecule has 1 heterocycles. The predicted molar refractivity (Wildman–Crippen MR) is 127 cm³/mol. The molecule has 9 nitrogen and oxygen atoms in total. The molecule has 0 fully saturated rings. The maximum Gasteiger partial charge on any atom is 0.407 e. The number of hydrazone groups is 1. The molecule has 2 amide bonds. The number of ether oxygens (including phenoxy) is 2. The van der Waals surface area contributed by atoms with Crippen molar-refractivity contribution < 1.29 is 19.1 Å². The summed E-state index contributed by atoms with van der Waals surface area (Å²) >= 11 is 3.37. The van der Waals surface area contributed by atoms with Crippen LogP contribution in [-0.4, -0.2) is 42.5 Å². The number of para-hydroxylation sites is 1. The van der Waals surface area contributed by atoms with E-state index in [1.807, 2.05) is 36.5 Å². The van der Waals surface area contributed by atoms with Crippen molar-refractivity contribution in [2.24, 2.45) is 5.10 Å². The molecular weight excluding hydrogens is 490 g/mol. The fraction of sp³-hybridized carbons (Fsp3) is 0.217. The number of alkyl carbamates (subject to hydrolysis) is 1. The zero-order valence-electron chi connectivity index (χ0n) is 17.8. The number of nitrogens with zero attached hydrogens (tertiary/aromatic N) is 2. The Bertz CT molecular complexity index is 1200. The molecule has 0 aliphatic carbocycles. The van der Waals surface area contributed by atoms with Crippen LogP contribution in [0.25, 0.3) is 10.9 Å². The molecule has 2 aromatic carbocycles. The van der Waals surface area contributed by atoms with E-state index in [2.05, 4.69) is 36.8 Å². The number of nitriles is 1. The van der Waals surface area contributed by atoms with Crippen LogP contribution in [0.1, 0.15) is 18.1 Å². The smallest absolute Gasteiger partial charge is 0.407 e. The lowest BCUT2D eigenvalue weighted by Crippen LogP contribution is -2.47. The van der Waals surface area contributed by atoms with Gasteiger partial charge in [-0.05, 0) is 58.2 Å². The minimum Gasteiger partial charge on any atom is -0.478 e. The quantitative estimate of drug-likeness (QED) is 0.298. The Morgan fingerprint density at radius 3 is 2.88 bits per heavy atom. The standard InChI is InChI=1S/C23H22BrN5O4/c1-2-32-23(31)28-20(12-16-14-26-19-6-4-3-5-17(16)19)22(30)29-27-13-15-7-8-21(18(24)11-15)33-10-9-25/h3-8,11,13-14,20,26H,2,10,12H2,1H3,(H,28,31)(H,29,30)/b27-13-/t20-/m1/s1. The summed E-state index contributed by atoms with van der Waals surface area (Å²) in [6.45, 7) is 1.81. The molecule has 3 N–H and O–H groups in total. The van der Waals surface area contributed by atoms with Crippen LogP contribution in [0.15, 0.2) is 58.2 Å². The van der Waals surface area contributed by atoms with Gasteiger partial charge >= 0.3 is 6.09 Å². The monoisotopic (exact) mass is 511 g/mol. The maximum atomic E-state index is 12.8. The number of carbonyl (C=O) groups is 2. The SMILES string of the molecule is CCOC(=O)N[C@H](Cc1c[nH]c2ccccc12)C(=O)N/N=C\c1ccc(OCC#N)c(Br)c1. The summed E-state index contributed by atoms with van der Waals surface area (Å²) in [4.78, 5) is 28.0. The van der Waals surface area contributed by atoms with Gasteiger partial charge in [-0.2, -0.15) is 10.4 Å². The lowest BCUT2D eigenvalue weighted by molar-refractivity contribution is -0.123. The lowest BCUT2D eigenvalue weighted by atomic mass is 10.0. The third-order valence-electron chi connectivity index (χ3n) is 4.62. The summed E-state index contributed by atoms with van der Waals surface area (Å²) < 4.78 is 10.9. The zero-order chi connectivity index (χ0) is 23.6. The molecule has 0 unspecified atom stereocenters. The molecule has 0 aliphatic rings. The van der Waals surface area contributed by atoms with Gasteiger partial charge in [-0.1, -0.05) is 18.2 Å². The highest BCUT2D eigenvalue weighted by molar-refractivity contribution is 9.10. The molecule has 10 heteroatoms. The number of fused-ring (bicyclic) bond motifs is 1. The number of H-pyrrole nitrogens is 1. The average molecular weight is 512 g/mol. The van der Waals surface area contributed by atoms with E-state index in [4.69, 9.17) is 14.7 Å². The van der Waals surface area contributed by atoms with Crippen LogP contribution >= 0.6 is 15.9 Å². The number of benzene rings is 2. The Kier molecular flexibility index (Phi) is 8.43. The highest BCUT2D eigenvalue weighted by Gasteiger charge is 2.23. The number of hydrogen-bond acceptors (Lipinski definition) is 6. The highest BCUT2D eigenvalue weighted by atomic mass is 79.9. The van der Waals surface area contributed by atoms with Crippen LogP contribution in [0.3, 0.4) is 0 Å². The number of aromatic amines is 1. The zero-order valence-corrected chi connectivity index (χ0v) is 19.4. The van der Waals surface area contributed by atoms with Gasteiger partial charge in [-0.25, -0.2) is 10.2 Å². The Morgan fingerprint density at radius 2 is 2.12 bits per heavy atom. The molecule has 0 saturated heterocycles. The predicted octanol–water partition coefficient (Wildman–Crippen LogP) is 3.64. The van der Waals surface area contributed by atoms with Crippen molar-refractivity contribution in [3.63, 3.8) is 0 Å². The number of nitrogens with one attached hydrogen (secondary N) is 3. The van der Waals surface area contributed by atoms with Crippen LogP contribution in [-0.2, 0) is 16.0 Å². The fourth-order valence-electron chi connectivity index (χ4n) is 3.12. The van der Waals surface area contributed by atoms with Crippen molar-refractivity contribution in [1.82, 2.24) is 15.7 Å². The first kappa shape index (κ1) is 23.8. The Morgan fingerprint density at radius 1 is 1.30 bits per heavy atom. The molecule has 0 spiro atoms. The number of halogens is 1. The highest BCUT2D eigenvalue weighted by Crippen LogP contribution is 2.25. The van der Waals surface area contributed by atoms with E-state index >= 15 is 0 Å². The van der Waals surface area contributed by atoms with Gasteiger partial charge < -0.3 is 19.8 Å². The van der Waals surface area contributed by atoms with Crippen LogP contribution in [0.5, 0.6) is 5.75 Å². The summed E-state index contributed by atoms with van der Waals surface area (Å²) in [5.41, 5.74) is 4.98. The molecule has 3 rings (SSSR count). The maximum absolute atomic E-state index is 12.8. The van der Waals surface area contributed by atoms with Crippen molar-refractivity contribution in [2.75, 3.05) is 13.2 Å². The van der Waals surface area contributed by atoms with Crippen molar-refractivity contribution in [3.8, 4) is 11.8 Å². The first-order chi connectivity index (χ1) is 16.0. The first-order valence-corrected chi connectivity index (χ1v) is 10.9. The van der Waals surface area contributed by atoms with E-state index in [1.54, 1.807) is 25.1 Å². The van der Waals surface area contributed by atoms with Crippen LogP contribution in [0.2, 0.25) is 0 Å². The molecule has 0 radical (unpaired) electrons. The Labute approximate surface area is 198 Å². The molecule has 170 valence electrons.